The smallest absolute Gasteiger partial charge is 0.254 e. The third-order valence-electron chi connectivity index (χ3n) is 3.95. The average molecular weight is 278 g/mol. The molecule has 5 nitrogen and oxygen atoms in total. The number of carbonyl (C=O) groups is 1. The molecule has 3 aromatic rings. The Bertz CT molecular complexity index is 791. The summed E-state index contributed by atoms with van der Waals surface area (Å²) in [5.41, 5.74) is 1.63. The molecule has 1 aromatic carbocycles. The molecule has 0 bridgehead atoms. The summed E-state index contributed by atoms with van der Waals surface area (Å²) in [6.07, 6.45) is 7.26. The van der Waals surface area contributed by atoms with Crippen LogP contribution in [0.15, 0.2) is 55.2 Å². The van der Waals surface area contributed by atoms with Crippen molar-refractivity contribution in [1.82, 2.24) is 19.4 Å². The van der Waals surface area contributed by atoms with Crippen molar-refractivity contribution >= 4 is 16.8 Å². The fourth-order valence-corrected chi connectivity index (χ4v) is 2.69. The van der Waals surface area contributed by atoms with Gasteiger partial charge in [-0.05, 0) is 24.3 Å². The van der Waals surface area contributed by atoms with E-state index in [-0.39, 0.29) is 5.91 Å². The molecule has 1 aliphatic rings. The van der Waals surface area contributed by atoms with Crippen molar-refractivity contribution in [3.05, 3.63) is 60.8 Å². The molecule has 0 saturated carbocycles. The maximum atomic E-state index is 12.5. The molecular formula is C16H14N4O. The van der Waals surface area contributed by atoms with Gasteiger partial charge in [0.05, 0.1) is 17.9 Å². The fourth-order valence-electron chi connectivity index (χ4n) is 2.69. The molecule has 5 heteroatoms. The number of benzene rings is 1. The van der Waals surface area contributed by atoms with Crippen LogP contribution in [-0.4, -0.2) is 38.4 Å². The van der Waals surface area contributed by atoms with E-state index in [9.17, 15) is 4.79 Å². The maximum absolute atomic E-state index is 12.5. The van der Waals surface area contributed by atoms with Crippen molar-refractivity contribution in [3.63, 3.8) is 0 Å². The van der Waals surface area contributed by atoms with Gasteiger partial charge in [0, 0.05) is 42.6 Å². The zero-order valence-electron chi connectivity index (χ0n) is 11.4. The molecular weight excluding hydrogens is 264 g/mol. The summed E-state index contributed by atoms with van der Waals surface area (Å²) in [6.45, 7) is 1.47. The van der Waals surface area contributed by atoms with Gasteiger partial charge in [0.2, 0.25) is 0 Å². The number of carbonyl (C=O) groups excluding carboxylic acids is 1. The predicted octanol–water partition coefficient (Wildman–Crippen LogP) is 2.13. The highest BCUT2D eigenvalue weighted by atomic mass is 16.2. The first-order valence-corrected chi connectivity index (χ1v) is 6.93. The molecule has 0 spiro atoms. The van der Waals surface area contributed by atoms with E-state index < -0.39 is 0 Å². The van der Waals surface area contributed by atoms with Gasteiger partial charge in [0.1, 0.15) is 0 Å². The Morgan fingerprint density at radius 1 is 1.19 bits per heavy atom. The first-order valence-electron chi connectivity index (χ1n) is 6.93. The van der Waals surface area contributed by atoms with Crippen molar-refractivity contribution in [3.8, 4) is 0 Å². The van der Waals surface area contributed by atoms with Crippen LogP contribution in [0.5, 0.6) is 0 Å². The predicted molar refractivity (Wildman–Crippen MR) is 78.9 cm³/mol. The van der Waals surface area contributed by atoms with Crippen LogP contribution in [0.1, 0.15) is 16.4 Å². The number of pyridine rings is 1. The van der Waals surface area contributed by atoms with Gasteiger partial charge in [-0.2, -0.15) is 0 Å². The summed E-state index contributed by atoms with van der Waals surface area (Å²) in [5, 5.41) is 0.995. The summed E-state index contributed by atoms with van der Waals surface area (Å²) < 4.78 is 2.05. The third kappa shape index (κ3) is 2.07. The maximum Gasteiger partial charge on any atom is 0.254 e. The fraction of sp³-hybridized carbons (Fsp3) is 0.188. The number of rotatable bonds is 2. The number of amides is 1. The minimum absolute atomic E-state index is 0.0807. The van der Waals surface area contributed by atoms with E-state index in [1.54, 1.807) is 18.7 Å². The number of nitrogens with zero attached hydrogens (tertiary/aromatic N) is 4. The van der Waals surface area contributed by atoms with E-state index in [0.717, 1.165) is 29.6 Å². The average Bonchev–Trinajstić information content (AvgIpc) is 2.99. The zero-order valence-corrected chi connectivity index (χ0v) is 11.4. The van der Waals surface area contributed by atoms with Gasteiger partial charge in [-0.15, -0.1) is 0 Å². The zero-order chi connectivity index (χ0) is 14.2. The molecule has 0 atom stereocenters. The standard InChI is InChI=1S/C16H14N4O/c21-16(20-9-14(10-20)19-7-6-17-11-19)13-3-4-15-12(8-13)2-1-5-18-15/h1-8,11,14H,9-10H2. The first kappa shape index (κ1) is 12.1. The van der Waals surface area contributed by atoms with Crippen LogP contribution in [0.4, 0.5) is 0 Å². The molecule has 3 heterocycles. The third-order valence-corrected chi connectivity index (χ3v) is 3.95. The lowest BCUT2D eigenvalue weighted by Crippen LogP contribution is -2.50. The van der Waals surface area contributed by atoms with E-state index in [1.165, 1.54) is 0 Å². The summed E-state index contributed by atoms with van der Waals surface area (Å²) in [7, 11) is 0. The second-order valence-corrected chi connectivity index (χ2v) is 5.28. The van der Waals surface area contributed by atoms with Gasteiger partial charge in [-0.25, -0.2) is 4.98 Å². The summed E-state index contributed by atoms with van der Waals surface area (Å²) in [4.78, 5) is 22.6. The van der Waals surface area contributed by atoms with Crippen molar-refractivity contribution in [2.24, 2.45) is 0 Å². The minimum Gasteiger partial charge on any atom is -0.334 e. The first-order chi connectivity index (χ1) is 10.3. The normalized spacial score (nSPS) is 15.1. The van der Waals surface area contributed by atoms with Gasteiger partial charge in [-0.3, -0.25) is 9.78 Å². The Kier molecular flexibility index (Phi) is 2.70. The Morgan fingerprint density at radius 3 is 2.90 bits per heavy atom. The molecule has 1 fully saturated rings. The monoisotopic (exact) mass is 278 g/mol. The lowest BCUT2D eigenvalue weighted by Gasteiger charge is -2.39. The van der Waals surface area contributed by atoms with Crippen LogP contribution in [-0.2, 0) is 0 Å². The van der Waals surface area contributed by atoms with Crippen LogP contribution >= 0.6 is 0 Å². The largest absolute Gasteiger partial charge is 0.334 e. The molecule has 1 aliphatic heterocycles. The molecule has 0 radical (unpaired) electrons. The molecule has 104 valence electrons. The van der Waals surface area contributed by atoms with Crippen molar-refractivity contribution in [1.29, 1.82) is 0 Å². The van der Waals surface area contributed by atoms with Gasteiger partial charge >= 0.3 is 0 Å². The van der Waals surface area contributed by atoms with Crippen LogP contribution in [0, 0.1) is 0 Å². The van der Waals surface area contributed by atoms with E-state index >= 15 is 0 Å². The summed E-state index contributed by atoms with van der Waals surface area (Å²) in [5.74, 6) is 0.0807. The SMILES string of the molecule is O=C(c1ccc2ncccc2c1)N1CC(n2ccnc2)C1. The van der Waals surface area contributed by atoms with Crippen molar-refractivity contribution in [2.75, 3.05) is 13.1 Å². The lowest BCUT2D eigenvalue weighted by atomic mass is 10.0. The molecule has 2 aromatic heterocycles. The van der Waals surface area contributed by atoms with Crippen molar-refractivity contribution in [2.45, 2.75) is 6.04 Å². The Balaban J connectivity index is 1.52. The molecule has 21 heavy (non-hydrogen) atoms. The topological polar surface area (TPSA) is 51.0 Å². The second kappa shape index (κ2) is 4.70. The number of hydrogen-bond donors (Lipinski definition) is 0. The Labute approximate surface area is 121 Å². The molecule has 4 rings (SSSR count). The van der Waals surface area contributed by atoms with E-state index in [4.69, 9.17) is 0 Å². The van der Waals surface area contributed by atoms with Crippen LogP contribution in [0.25, 0.3) is 10.9 Å². The molecule has 0 aliphatic carbocycles. The molecule has 1 saturated heterocycles. The number of imidazole rings is 1. The quantitative estimate of drug-likeness (QED) is 0.721. The highest BCUT2D eigenvalue weighted by Crippen LogP contribution is 2.24. The second-order valence-electron chi connectivity index (χ2n) is 5.28. The van der Waals surface area contributed by atoms with Gasteiger partial charge in [0.15, 0.2) is 0 Å². The molecule has 0 N–H and O–H groups in total. The highest BCUT2D eigenvalue weighted by molar-refractivity contribution is 5.98. The lowest BCUT2D eigenvalue weighted by molar-refractivity contribution is 0.0521. The van der Waals surface area contributed by atoms with Crippen LogP contribution in [0.3, 0.4) is 0 Å². The van der Waals surface area contributed by atoms with E-state index in [2.05, 4.69) is 9.97 Å². The molecule has 1 amide bonds. The van der Waals surface area contributed by atoms with Gasteiger partial charge in [0.25, 0.3) is 5.91 Å². The van der Waals surface area contributed by atoms with Crippen LogP contribution < -0.4 is 0 Å². The van der Waals surface area contributed by atoms with Crippen molar-refractivity contribution < 1.29 is 4.79 Å². The minimum atomic E-state index is 0.0807. The number of fused-ring (bicyclic) bond motifs is 1. The Morgan fingerprint density at radius 2 is 2.10 bits per heavy atom. The van der Waals surface area contributed by atoms with Crippen LogP contribution in [0.2, 0.25) is 0 Å². The summed E-state index contributed by atoms with van der Waals surface area (Å²) >= 11 is 0. The molecule has 0 unspecified atom stereocenters. The Hall–Kier alpha value is -2.69. The highest BCUT2D eigenvalue weighted by Gasteiger charge is 2.32. The number of aromatic nitrogens is 3. The number of likely N-dealkylation sites (tertiary alicyclic amines) is 1. The summed E-state index contributed by atoms with van der Waals surface area (Å²) in [6, 6.07) is 9.87. The van der Waals surface area contributed by atoms with E-state index in [0.29, 0.717) is 6.04 Å². The van der Waals surface area contributed by atoms with E-state index in [1.807, 2.05) is 46.0 Å². The number of hydrogen-bond acceptors (Lipinski definition) is 3. The van der Waals surface area contributed by atoms with Gasteiger partial charge < -0.3 is 9.47 Å². The van der Waals surface area contributed by atoms with Gasteiger partial charge in [-0.1, -0.05) is 6.07 Å².